The highest BCUT2D eigenvalue weighted by atomic mass is 19.1. The lowest BCUT2D eigenvalue weighted by molar-refractivity contribution is -0.119. The summed E-state index contributed by atoms with van der Waals surface area (Å²) < 4.78 is 27.1. The molecule has 1 saturated carbocycles. The Hall–Kier alpha value is -1.53. The van der Waals surface area contributed by atoms with E-state index in [0.717, 1.165) is 37.8 Å². The number of hydrogen-bond acceptors (Lipinski definition) is 3. The number of carbonyl (C=O) groups excluding carboxylic acids is 1. The molecule has 1 saturated heterocycles. The summed E-state index contributed by atoms with van der Waals surface area (Å²) in [6.07, 6.45) is 4.20. The fourth-order valence-corrected chi connectivity index (χ4v) is 3.12. The Kier molecular flexibility index (Phi) is 3.67. The molecule has 2 fully saturated rings. The maximum Gasteiger partial charge on any atom is 0.243 e. The van der Waals surface area contributed by atoms with Gasteiger partial charge in [-0.25, -0.2) is 14.2 Å². The number of para-hydroxylation sites is 1. The van der Waals surface area contributed by atoms with E-state index in [1.54, 1.807) is 0 Å². The average Bonchev–Trinajstić information content (AvgIpc) is 2.87. The Bertz CT molecular complexity index is 503. The largest absolute Gasteiger partial charge is 0.320 e. The van der Waals surface area contributed by atoms with Gasteiger partial charge in [-0.2, -0.15) is 0 Å². The number of halogens is 2. The average molecular weight is 281 g/mol. The van der Waals surface area contributed by atoms with Crippen LogP contribution in [0.5, 0.6) is 0 Å². The van der Waals surface area contributed by atoms with Crippen LogP contribution in [0.1, 0.15) is 25.7 Å². The number of fused-ring (bicyclic) bond motifs is 1. The molecule has 3 rings (SSSR count). The Morgan fingerprint density at radius 2 is 1.85 bits per heavy atom. The van der Waals surface area contributed by atoms with Crippen molar-refractivity contribution in [2.75, 3.05) is 5.32 Å². The summed E-state index contributed by atoms with van der Waals surface area (Å²) in [5.74, 6) is -1.73. The number of nitrogens with one attached hydrogen (secondary N) is 3. The summed E-state index contributed by atoms with van der Waals surface area (Å²) in [6.45, 7) is 0. The predicted octanol–water partition coefficient (Wildman–Crippen LogP) is 1.94. The molecule has 1 aliphatic carbocycles. The quantitative estimate of drug-likeness (QED) is 0.776. The zero-order chi connectivity index (χ0) is 14.1. The van der Waals surface area contributed by atoms with E-state index in [9.17, 15) is 13.6 Å². The molecule has 108 valence electrons. The van der Waals surface area contributed by atoms with Crippen molar-refractivity contribution >= 4 is 11.6 Å². The molecule has 0 radical (unpaired) electrons. The summed E-state index contributed by atoms with van der Waals surface area (Å²) in [5.41, 5.74) is 5.68. The van der Waals surface area contributed by atoms with Crippen LogP contribution in [0, 0.1) is 17.6 Å². The molecular weight excluding hydrogens is 264 g/mol. The second kappa shape index (κ2) is 5.46. The summed E-state index contributed by atoms with van der Waals surface area (Å²) in [6, 6.07) is 3.35. The van der Waals surface area contributed by atoms with Crippen molar-refractivity contribution in [1.29, 1.82) is 0 Å². The summed E-state index contributed by atoms with van der Waals surface area (Å²) in [4.78, 5) is 12.2. The van der Waals surface area contributed by atoms with Gasteiger partial charge in [-0.3, -0.25) is 10.2 Å². The predicted molar refractivity (Wildman–Crippen MR) is 70.8 cm³/mol. The van der Waals surface area contributed by atoms with Crippen molar-refractivity contribution in [2.45, 2.75) is 37.8 Å². The lowest BCUT2D eigenvalue weighted by Gasteiger charge is -2.26. The maximum absolute atomic E-state index is 13.5. The van der Waals surface area contributed by atoms with E-state index in [0.29, 0.717) is 0 Å². The van der Waals surface area contributed by atoms with Crippen LogP contribution in [0.15, 0.2) is 18.2 Å². The van der Waals surface area contributed by atoms with Crippen molar-refractivity contribution in [1.82, 2.24) is 10.9 Å². The molecule has 0 bridgehead atoms. The molecule has 20 heavy (non-hydrogen) atoms. The second-order valence-corrected chi connectivity index (χ2v) is 5.41. The molecule has 1 aromatic rings. The van der Waals surface area contributed by atoms with E-state index in [2.05, 4.69) is 16.2 Å². The molecule has 6 heteroatoms. The van der Waals surface area contributed by atoms with Crippen molar-refractivity contribution in [2.24, 2.45) is 5.92 Å². The highest BCUT2D eigenvalue weighted by Crippen LogP contribution is 2.31. The van der Waals surface area contributed by atoms with Crippen molar-refractivity contribution in [3.8, 4) is 0 Å². The van der Waals surface area contributed by atoms with Gasteiger partial charge < -0.3 is 5.32 Å². The first-order valence-corrected chi connectivity index (χ1v) is 6.93. The molecule has 3 atom stereocenters. The summed E-state index contributed by atoms with van der Waals surface area (Å²) in [7, 11) is 0. The zero-order valence-electron chi connectivity index (χ0n) is 11.0. The van der Waals surface area contributed by atoms with Gasteiger partial charge in [0.2, 0.25) is 5.91 Å². The zero-order valence-corrected chi connectivity index (χ0v) is 11.0. The standard InChI is InChI=1S/C14H17F2N3O/c15-9-5-3-6-10(16)13(9)17-14(20)12-8-4-1-2-7-11(8)18-19-12/h3,5-6,8,11-12,18-19H,1-2,4,7H2,(H,17,20). The first-order valence-electron chi connectivity index (χ1n) is 6.93. The number of carbonyl (C=O) groups is 1. The fourth-order valence-electron chi connectivity index (χ4n) is 3.12. The van der Waals surface area contributed by atoms with Crippen LogP contribution in [0.25, 0.3) is 0 Å². The van der Waals surface area contributed by atoms with Crippen LogP contribution in [0.3, 0.4) is 0 Å². The number of anilines is 1. The van der Waals surface area contributed by atoms with Gasteiger partial charge in [-0.15, -0.1) is 0 Å². The van der Waals surface area contributed by atoms with Gasteiger partial charge in [0, 0.05) is 12.0 Å². The Morgan fingerprint density at radius 1 is 1.15 bits per heavy atom. The van der Waals surface area contributed by atoms with Gasteiger partial charge in [0.15, 0.2) is 0 Å². The molecule has 4 nitrogen and oxygen atoms in total. The van der Waals surface area contributed by atoms with Crippen LogP contribution in [-0.4, -0.2) is 18.0 Å². The van der Waals surface area contributed by atoms with Crippen LogP contribution in [-0.2, 0) is 4.79 Å². The van der Waals surface area contributed by atoms with E-state index < -0.39 is 23.6 Å². The monoisotopic (exact) mass is 281 g/mol. The molecule has 3 N–H and O–H groups in total. The smallest absolute Gasteiger partial charge is 0.243 e. The number of hydrazine groups is 1. The molecule has 3 unspecified atom stereocenters. The van der Waals surface area contributed by atoms with E-state index >= 15 is 0 Å². The van der Waals surface area contributed by atoms with Gasteiger partial charge in [0.25, 0.3) is 0 Å². The number of hydrogen-bond donors (Lipinski definition) is 3. The maximum atomic E-state index is 13.5. The van der Waals surface area contributed by atoms with Gasteiger partial charge in [-0.1, -0.05) is 18.9 Å². The van der Waals surface area contributed by atoms with E-state index in [1.165, 1.54) is 6.07 Å². The van der Waals surface area contributed by atoms with Crippen LogP contribution in [0.4, 0.5) is 14.5 Å². The SMILES string of the molecule is O=C(Nc1c(F)cccc1F)C1NNC2CCCCC21. The Labute approximate surface area is 115 Å². The van der Waals surface area contributed by atoms with Gasteiger partial charge >= 0.3 is 0 Å². The van der Waals surface area contributed by atoms with Crippen molar-refractivity contribution in [3.05, 3.63) is 29.8 Å². The molecule has 2 aliphatic rings. The second-order valence-electron chi connectivity index (χ2n) is 5.41. The highest BCUT2D eigenvalue weighted by molar-refractivity contribution is 5.95. The topological polar surface area (TPSA) is 53.2 Å². The van der Waals surface area contributed by atoms with E-state index in [4.69, 9.17) is 0 Å². The van der Waals surface area contributed by atoms with Gasteiger partial charge in [-0.05, 0) is 25.0 Å². The Balaban J connectivity index is 1.73. The highest BCUT2D eigenvalue weighted by Gasteiger charge is 2.41. The normalized spacial score (nSPS) is 29.0. The van der Waals surface area contributed by atoms with Crippen molar-refractivity contribution < 1.29 is 13.6 Å². The minimum absolute atomic E-state index is 0.179. The Morgan fingerprint density at radius 3 is 2.60 bits per heavy atom. The summed E-state index contributed by atoms with van der Waals surface area (Å²) in [5, 5.41) is 2.36. The molecule has 1 amide bonds. The molecule has 0 aromatic heterocycles. The summed E-state index contributed by atoms with van der Waals surface area (Å²) >= 11 is 0. The van der Waals surface area contributed by atoms with Gasteiger partial charge in [0.05, 0.1) is 0 Å². The molecular formula is C14H17F2N3O. The lowest BCUT2D eigenvalue weighted by Crippen LogP contribution is -2.42. The number of amides is 1. The minimum Gasteiger partial charge on any atom is -0.320 e. The molecule has 1 heterocycles. The molecule has 0 spiro atoms. The third kappa shape index (κ3) is 2.41. The fraction of sp³-hybridized carbons (Fsp3) is 0.500. The number of rotatable bonds is 2. The van der Waals surface area contributed by atoms with Crippen LogP contribution in [0.2, 0.25) is 0 Å². The lowest BCUT2D eigenvalue weighted by atomic mass is 9.81. The third-order valence-electron chi connectivity index (χ3n) is 4.17. The minimum atomic E-state index is -0.760. The molecule has 1 aromatic carbocycles. The van der Waals surface area contributed by atoms with Crippen molar-refractivity contribution in [3.63, 3.8) is 0 Å². The number of benzene rings is 1. The molecule has 1 aliphatic heterocycles. The van der Waals surface area contributed by atoms with Gasteiger partial charge in [0.1, 0.15) is 23.4 Å². The van der Waals surface area contributed by atoms with E-state index in [-0.39, 0.29) is 17.6 Å². The van der Waals surface area contributed by atoms with Crippen LogP contribution >= 0.6 is 0 Å². The third-order valence-corrected chi connectivity index (χ3v) is 4.17. The first kappa shape index (κ1) is 13.5. The first-order chi connectivity index (χ1) is 9.66. The van der Waals surface area contributed by atoms with Crippen LogP contribution < -0.4 is 16.2 Å². The van der Waals surface area contributed by atoms with E-state index in [1.807, 2.05) is 0 Å².